The minimum atomic E-state index is -0.315. The Labute approximate surface area is 187 Å². The van der Waals surface area contributed by atoms with Crippen LogP contribution >= 0.6 is 15.9 Å². The summed E-state index contributed by atoms with van der Waals surface area (Å²) < 4.78 is 17.6. The Balaban J connectivity index is 1.51. The summed E-state index contributed by atoms with van der Waals surface area (Å²) in [4.78, 5) is 15.5. The van der Waals surface area contributed by atoms with Gasteiger partial charge in [0.2, 0.25) is 5.95 Å². The van der Waals surface area contributed by atoms with Gasteiger partial charge in [-0.05, 0) is 19.9 Å². The molecule has 3 aromatic heterocycles. The summed E-state index contributed by atoms with van der Waals surface area (Å²) in [5.74, 6) is 0.403. The van der Waals surface area contributed by atoms with Crippen molar-refractivity contribution in [3.05, 3.63) is 41.0 Å². The van der Waals surface area contributed by atoms with E-state index < -0.39 is 0 Å². The van der Waals surface area contributed by atoms with Gasteiger partial charge in [-0.15, -0.1) is 0 Å². The molecule has 10 heteroatoms. The normalized spacial score (nSPS) is 14.7. The Kier molecular flexibility index (Phi) is 5.19. The number of nitrogens with one attached hydrogen (secondary N) is 2. The van der Waals surface area contributed by atoms with Crippen LogP contribution < -0.4 is 15.5 Å². The predicted molar refractivity (Wildman–Crippen MR) is 123 cm³/mol. The number of benzene rings is 1. The zero-order valence-electron chi connectivity index (χ0n) is 17.2. The molecule has 0 bridgehead atoms. The summed E-state index contributed by atoms with van der Waals surface area (Å²) in [5, 5.41) is 12.7. The maximum Gasteiger partial charge on any atom is 0.228 e. The van der Waals surface area contributed by atoms with Crippen molar-refractivity contribution in [2.75, 3.05) is 36.4 Å². The first-order chi connectivity index (χ1) is 15.0. The fraction of sp³-hybridized carbons (Fsp3) is 0.333. The van der Waals surface area contributed by atoms with E-state index in [0.29, 0.717) is 17.5 Å². The molecule has 0 radical (unpaired) electrons. The highest BCUT2D eigenvalue weighted by Gasteiger charge is 2.17. The summed E-state index contributed by atoms with van der Waals surface area (Å²) in [6, 6.07) is 3.55. The standard InChI is InChI=1S/C21H22BrFN8/c1-12(2)31-20-14(10-27-31)15(22)7-13-9-26-21(29-19(13)20)28-18-8-16(23)17(11-25-18)30-5-3-24-4-6-30/h7-12,24H,3-6H2,1-2H3,(H,25,26,28,29). The van der Waals surface area contributed by atoms with E-state index in [1.54, 1.807) is 12.4 Å². The highest BCUT2D eigenvalue weighted by atomic mass is 79.9. The number of fused-ring (bicyclic) bond motifs is 3. The van der Waals surface area contributed by atoms with Gasteiger partial charge in [-0.1, -0.05) is 15.9 Å². The molecule has 2 N–H and O–H groups in total. The second-order valence-electron chi connectivity index (χ2n) is 7.82. The van der Waals surface area contributed by atoms with Crippen LogP contribution in [0.2, 0.25) is 0 Å². The number of nitrogens with zero attached hydrogens (tertiary/aromatic N) is 6. The van der Waals surface area contributed by atoms with Crippen molar-refractivity contribution in [1.29, 1.82) is 0 Å². The van der Waals surface area contributed by atoms with E-state index in [4.69, 9.17) is 4.98 Å². The minimum Gasteiger partial charge on any atom is -0.365 e. The van der Waals surface area contributed by atoms with Crippen LogP contribution in [-0.4, -0.2) is 50.9 Å². The molecule has 0 spiro atoms. The Bertz CT molecular complexity index is 1270. The minimum absolute atomic E-state index is 0.176. The van der Waals surface area contributed by atoms with Gasteiger partial charge in [0, 0.05) is 59.7 Å². The maximum atomic E-state index is 14.7. The second-order valence-corrected chi connectivity index (χ2v) is 8.67. The van der Waals surface area contributed by atoms with Crippen molar-refractivity contribution in [2.45, 2.75) is 19.9 Å². The van der Waals surface area contributed by atoms with Crippen LogP contribution in [0, 0.1) is 5.82 Å². The van der Waals surface area contributed by atoms with Gasteiger partial charge in [-0.2, -0.15) is 5.10 Å². The fourth-order valence-corrected chi connectivity index (χ4v) is 4.41. The Morgan fingerprint density at radius 2 is 1.94 bits per heavy atom. The summed E-state index contributed by atoms with van der Waals surface area (Å²) in [5.41, 5.74) is 2.22. The van der Waals surface area contributed by atoms with Gasteiger partial charge in [0.25, 0.3) is 0 Å². The second kappa shape index (κ2) is 8.01. The lowest BCUT2D eigenvalue weighted by atomic mass is 10.2. The molecule has 0 saturated carbocycles. The Morgan fingerprint density at radius 3 is 2.68 bits per heavy atom. The smallest absolute Gasteiger partial charge is 0.228 e. The van der Waals surface area contributed by atoms with Gasteiger partial charge >= 0.3 is 0 Å². The number of rotatable bonds is 4. The molecule has 0 aliphatic carbocycles. The molecule has 1 aliphatic rings. The molecule has 4 heterocycles. The van der Waals surface area contributed by atoms with E-state index in [2.05, 4.69) is 55.5 Å². The Morgan fingerprint density at radius 1 is 1.13 bits per heavy atom. The molecular formula is C21H22BrFN8. The lowest BCUT2D eigenvalue weighted by Crippen LogP contribution is -2.43. The van der Waals surface area contributed by atoms with Crippen molar-refractivity contribution >= 4 is 55.2 Å². The van der Waals surface area contributed by atoms with Crippen molar-refractivity contribution < 1.29 is 4.39 Å². The van der Waals surface area contributed by atoms with Crippen LogP contribution in [0.15, 0.2) is 35.2 Å². The first-order valence-electron chi connectivity index (χ1n) is 10.2. The van der Waals surface area contributed by atoms with Crippen molar-refractivity contribution in [3.63, 3.8) is 0 Å². The van der Waals surface area contributed by atoms with Crippen LogP contribution in [0.1, 0.15) is 19.9 Å². The summed E-state index contributed by atoms with van der Waals surface area (Å²) in [6.45, 7) is 7.34. The number of aromatic nitrogens is 5. The molecule has 1 aliphatic heterocycles. The van der Waals surface area contributed by atoms with Crippen LogP contribution in [0.3, 0.4) is 0 Å². The van der Waals surface area contributed by atoms with E-state index in [1.165, 1.54) is 6.07 Å². The molecule has 1 fully saturated rings. The van der Waals surface area contributed by atoms with E-state index in [-0.39, 0.29) is 11.9 Å². The van der Waals surface area contributed by atoms with Crippen LogP contribution in [-0.2, 0) is 0 Å². The van der Waals surface area contributed by atoms with Gasteiger partial charge in [-0.25, -0.2) is 19.3 Å². The molecule has 5 rings (SSSR count). The third-order valence-corrected chi connectivity index (χ3v) is 6.05. The van der Waals surface area contributed by atoms with Crippen molar-refractivity contribution in [3.8, 4) is 0 Å². The van der Waals surface area contributed by atoms with Gasteiger partial charge < -0.3 is 15.5 Å². The molecule has 160 valence electrons. The summed E-state index contributed by atoms with van der Waals surface area (Å²) in [6.07, 6.45) is 5.14. The highest BCUT2D eigenvalue weighted by Crippen LogP contribution is 2.33. The van der Waals surface area contributed by atoms with E-state index in [0.717, 1.165) is 52.5 Å². The van der Waals surface area contributed by atoms with Crippen molar-refractivity contribution in [1.82, 2.24) is 30.0 Å². The number of hydrogen-bond acceptors (Lipinski definition) is 7. The maximum absolute atomic E-state index is 14.7. The highest BCUT2D eigenvalue weighted by molar-refractivity contribution is 9.10. The quantitative estimate of drug-likeness (QED) is 0.452. The molecule has 4 aromatic rings. The van der Waals surface area contributed by atoms with Crippen molar-refractivity contribution in [2.24, 2.45) is 0 Å². The summed E-state index contributed by atoms with van der Waals surface area (Å²) in [7, 11) is 0. The number of pyridine rings is 1. The first kappa shape index (κ1) is 20.1. The molecular weight excluding hydrogens is 463 g/mol. The van der Waals surface area contributed by atoms with Gasteiger partial charge in [0.15, 0.2) is 5.82 Å². The monoisotopic (exact) mass is 484 g/mol. The average molecular weight is 485 g/mol. The lowest BCUT2D eigenvalue weighted by Gasteiger charge is -2.29. The predicted octanol–water partition coefficient (Wildman–Crippen LogP) is 4.01. The fourth-order valence-electron chi connectivity index (χ4n) is 3.87. The Hall–Kier alpha value is -2.85. The number of hydrogen-bond donors (Lipinski definition) is 2. The largest absolute Gasteiger partial charge is 0.365 e. The molecule has 0 unspecified atom stereocenters. The molecule has 0 amide bonds. The van der Waals surface area contributed by atoms with E-state index >= 15 is 0 Å². The molecule has 8 nitrogen and oxygen atoms in total. The lowest BCUT2D eigenvalue weighted by molar-refractivity contribution is 0.552. The van der Waals surface area contributed by atoms with Gasteiger partial charge in [0.05, 0.1) is 23.6 Å². The third kappa shape index (κ3) is 3.70. The molecule has 0 atom stereocenters. The van der Waals surface area contributed by atoms with E-state index in [9.17, 15) is 4.39 Å². The zero-order valence-corrected chi connectivity index (χ0v) is 18.8. The van der Waals surface area contributed by atoms with Crippen LogP contribution in [0.25, 0.3) is 21.8 Å². The number of halogens is 2. The number of anilines is 3. The third-order valence-electron chi connectivity index (χ3n) is 5.40. The topological polar surface area (TPSA) is 83.8 Å². The first-order valence-corrected chi connectivity index (χ1v) is 11.0. The molecule has 1 saturated heterocycles. The zero-order chi connectivity index (χ0) is 21.5. The SMILES string of the molecule is CC(C)n1ncc2c(Br)cc3cnc(Nc4cc(F)c(N5CCNCC5)cn4)nc3c21. The summed E-state index contributed by atoms with van der Waals surface area (Å²) >= 11 is 3.62. The molecule has 1 aromatic carbocycles. The average Bonchev–Trinajstić information content (AvgIpc) is 3.22. The van der Waals surface area contributed by atoms with Gasteiger partial charge in [0.1, 0.15) is 11.3 Å². The van der Waals surface area contributed by atoms with E-state index in [1.807, 2.05) is 21.8 Å². The van der Waals surface area contributed by atoms with Gasteiger partial charge in [-0.3, -0.25) is 4.68 Å². The van der Waals surface area contributed by atoms with Crippen LogP contribution in [0.4, 0.5) is 21.8 Å². The van der Waals surface area contributed by atoms with Crippen LogP contribution in [0.5, 0.6) is 0 Å². The molecule has 31 heavy (non-hydrogen) atoms. The number of piperazine rings is 1.